The number of alkyl halides is 4. The van der Waals surface area contributed by atoms with Crippen LogP contribution in [0.3, 0.4) is 0 Å². The molecule has 5 nitrogen and oxygen atoms in total. The van der Waals surface area contributed by atoms with Crippen LogP contribution in [0.2, 0.25) is 0 Å². The van der Waals surface area contributed by atoms with Gasteiger partial charge in [0, 0.05) is 9.84 Å². The number of carbonyl (C=O) groups excluding carboxylic acids is 1. The molecule has 4 aliphatic carbocycles. The van der Waals surface area contributed by atoms with E-state index in [1.807, 2.05) is 0 Å². The lowest BCUT2D eigenvalue weighted by Gasteiger charge is -2.58. The molecule has 0 aliphatic heterocycles. The van der Waals surface area contributed by atoms with Crippen molar-refractivity contribution in [2.75, 3.05) is 6.61 Å². The highest BCUT2D eigenvalue weighted by Crippen LogP contribution is 2.64. The second kappa shape index (κ2) is 6.22. The van der Waals surface area contributed by atoms with Gasteiger partial charge in [0.2, 0.25) is 0 Å². The molecule has 0 aromatic carbocycles. The van der Waals surface area contributed by atoms with E-state index in [-0.39, 0.29) is 3.42 Å². The van der Waals surface area contributed by atoms with Crippen LogP contribution in [0.4, 0.5) is 13.2 Å². The van der Waals surface area contributed by atoms with Gasteiger partial charge in [0.05, 0.1) is 12.0 Å². The van der Waals surface area contributed by atoms with Gasteiger partial charge in [-0.2, -0.15) is 17.2 Å². The zero-order chi connectivity index (χ0) is 18.7. The van der Waals surface area contributed by atoms with Gasteiger partial charge in [-0.3, -0.25) is 9.35 Å². The molecule has 0 spiro atoms. The Morgan fingerprint density at radius 1 is 1.28 bits per heavy atom. The van der Waals surface area contributed by atoms with Gasteiger partial charge in [-0.1, -0.05) is 22.6 Å². The van der Waals surface area contributed by atoms with Crippen molar-refractivity contribution >= 4 is 38.7 Å². The Labute approximate surface area is 157 Å². The van der Waals surface area contributed by atoms with E-state index >= 15 is 0 Å². The molecule has 0 radical (unpaired) electrons. The van der Waals surface area contributed by atoms with Gasteiger partial charge in [0.25, 0.3) is 0 Å². The largest absolute Gasteiger partial charge is 0.465 e. The predicted molar refractivity (Wildman–Crippen MR) is 90.8 cm³/mol. The molecular weight excluding hydrogens is 476 g/mol. The van der Waals surface area contributed by atoms with Crippen LogP contribution in [-0.2, 0) is 19.6 Å². The third kappa shape index (κ3) is 3.54. The summed E-state index contributed by atoms with van der Waals surface area (Å²) in [5.41, 5.74) is -0.622. The molecule has 25 heavy (non-hydrogen) atoms. The maximum absolute atomic E-state index is 13.5. The Balaban J connectivity index is 1.59. The van der Waals surface area contributed by atoms with Gasteiger partial charge in [0.1, 0.15) is 0 Å². The third-order valence-corrected chi connectivity index (χ3v) is 7.94. The van der Waals surface area contributed by atoms with E-state index in [4.69, 9.17) is 9.29 Å². The molecule has 4 rings (SSSR count). The average molecular weight is 496 g/mol. The van der Waals surface area contributed by atoms with E-state index in [1.165, 1.54) is 0 Å². The molecule has 4 fully saturated rings. The lowest BCUT2D eigenvalue weighted by molar-refractivity contribution is -0.170. The van der Waals surface area contributed by atoms with Gasteiger partial charge in [-0.15, -0.1) is 0 Å². The van der Waals surface area contributed by atoms with Crippen molar-refractivity contribution in [2.24, 2.45) is 17.3 Å². The zero-order valence-corrected chi connectivity index (χ0v) is 16.4. The van der Waals surface area contributed by atoms with Gasteiger partial charge in [0.15, 0.2) is 6.17 Å². The van der Waals surface area contributed by atoms with Crippen molar-refractivity contribution in [1.82, 2.24) is 0 Å². The normalized spacial score (nSPS) is 38.6. The van der Waals surface area contributed by atoms with Crippen LogP contribution in [0, 0.1) is 17.3 Å². The first-order chi connectivity index (χ1) is 11.4. The summed E-state index contributed by atoms with van der Waals surface area (Å²) >= 11 is 2.42. The van der Waals surface area contributed by atoms with Gasteiger partial charge < -0.3 is 4.74 Å². The highest BCUT2D eigenvalue weighted by molar-refractivity contribution is 14.1. The molecule has 1 N–H and O–H groups in total. The Morgan fingerprint density at radius 2 is 1.84 bits per heavy atom. The summed E-state index contributed by atoms with van der Waals surface area (Å²) in [5.74, 6) is 0.428. The Kier molecular flexibility index (Phi) is 4.89. The summed E-state index contributed by atoms with van der Waals surface area (Å²) in [4.78, 5) is 12.6. The van der Waals surface area contributed by atoms with E-state index in [9.17, 15) is 26.4 Å². The van der Waals surface area contributed by atoms with Crippen LogP contribution in [0.5, 0.6) is 0 Å². The molecule has 4 aliphatic rings. The minimum Gasteiger partial charge on any atom is -0.465 e. The van der Waals surface area contributed by atoms with Gasteiger partial charge >= 0.3 is 21.3 Å². The van der Waals surface area contributed by atoms with Crippen LogP contribution in [0.1, 0.15) is 44.9 Å². The monoisotopic (exact) mass is 496 g/mol. The summed E-state index contributed by atoms with van der Waals surface area (Å²) in [6.07, 6.45) is 1.25. The standard InChI is InChI=1S/C15H20F3IO5S/c16-11(15(17,18)25(21,22)23)1-2-24-12(20)13-4-9-3-10(5-13)7-14(19,6-9)8-13/h9-11H,1-8H2,(H,21,22,23). The summed E-state index contributed by atoms with van der Waals surface area (Å²) in [6, 6.07) is 0. The molecule has 0 aromatic heterocycles. The molecule has 4 bridgehead atoms. The number of ether oxygens (including phenoxy) is 1. The number of halogens is 4. The smallest absolute Gasteiger partial charge is 0.400 e. The highest BCUT2D eigenvalue weighted by atomic mass is 127. The van der Waals surface area contributed by atoms with Crippen molar-refractivity contribution < 1.29 is 35.7 Å². The van der Waals surface area contributed by atoms with Crippen molar-refractivity contribution in [3.8, 4) is 0 Å². The van der Waals surface area contributed by atoms with Gasteiger partial charge in [-0.05, 0) is 50.4 Å². The number of hydrogen-bond acceptors (Lipinski definition) is 4. The molecule has 3 unspecified atom stereocenters. The molecule has 0 saturated heterocycles. The number of hydrogen-bond donors (Lipinski definition) is 1. The van der Waals surface area contributed by atoms with Crippen molar-refractivity contribution in [3.63, 3.8) is 0 Å². The number of esters is 1. The first kappa shape index (κ1) is 19.7. The molecule has 144 valence electrons. The van der Waals surface area contributed by atoms with E-state index in [0.717, 1.165) is 19.3 Å². The molecular formula is C15H20F3IO5S. The number of carbonyl (C=O) groups is 1. The molecule has 4 saturated carbocycles. The first-order valence-electron chi connectivity index (χ1n) is 8.22. The van der Waals surface area contributed by atoms with E-state index < -0.39 is 46.0 Å². The van der Waals surface area contributed by atoms with Crippen molar-refractivity contribution in [2.45, 2.75) is 59.8 Å². The minimum atomic E-state index is -5.85. The van der Waals surface area contributed by atoms with Gasteiger partial charge in [-0.25, -0.2) is 4.39 Å². The van der Waals surface area contributed by atoms with E-state index in [1.54, 1.807) is 0 Å². The maximum atomic E-state index is 13.5. The predicted octanol–water partition coefficient (Wildman–Crippen LogP) is 3.51. The van der Waals surface area contributed by atoms with Crippen LogP contribution in [0.15, 0.2) is 0 Å². The van der Waals surface area contributed by atoms with E-state index in [2.05, 4.69) is 22.6 Å². The fourth-order valence-corrected chi connectivity index (χ4v) is 7.54. The minimum absolute atomic E-state index is 0.0709. The van der Waals surface area contributed by atoms with Crippen LogP contribution >= 0.6 is 22.6 Å². The van der Waals surface area contributed by atoms with Crippen molar-refractivity contribution in [1.29, 1.82) is 0 Å². The summed E-state index contributed by atoms with van der Waals surface area (Å²) in [5, 5.41) is -4.91. The fraction of sp³-hybridized carbons (Fsp3) is 0.933. The molecule has 0 aromatic rings. The Morgan fingerprint density at radius 3 is 2.32 bits per heavy atom. The zero-order valence-electron chi connectivity index (χ0n) is 13.4. The lowest BCUT2D eigenvalue weighted by atomic mass is 9.49. The molecule has 0 heterocycles. The van der Waals surface area contributed by atoms with Crippen LogP contribution < -0.4 is 0 Å². The SMILES string of the molecule is O=C(OCCC(F)C(F)(F)S(=O)(=O)O)C12CC3CC(CC(I)(C3)C1)C2. The van der Waals surface area contributed by atoms with Crippen LogP contribution in [-0.4, -0.2) is 40.4 Å². The second-order valence-electron chi connectivity index (χ2n) is 7.82. The van der Waals surface area contributed by atoms with Crippen LogP contribution in [0.25, 0.3) is 0 Å². The summed E-state index contributed by atoms with van der Waals surface area (Å²) in [7, 11) is -5.85. The third-order valence-electron chi connectivity index (χ3n) is 5.74. The average Bonchev–Trinajstić information content (AvgIpc) is 2.42. The Hall–Kier alpha value is -0.100. The molecule has 0 amide bonds. The second-order valence-corrected chi connectivity index (χ2v) is 11.6. The maximum Gasteiger partial charge on any atom is 0.400 e. The van der Waals surface area contributed by atoms with Crippen molar-refractivity contribution in [3.05, 3.63) is 0 Å². The highest BCUT2D eigenvalue weighted by Gasteiger charge is 2.60. The summed E-state index contributed by atoms with van der Waals surface area (Å²) in [6.45, 7) is -0.642. The topological polar surface area (TPSA) is 80.7 Å². The first-order valence-corrected chi connectivity index (χ1v) is 10.7. The number of rotatable bonds is 6. The summed E-state index contributed by atoms with van der Waals surface area (Å²) < 4.78 is 74.3. The molecule has 10 heteroatoms. The Bertz CT molecular complexity index is 654. The quantitative estimate of drug-likeness (QED) is 0.264. The molecule has 3 atom stereocenters. The lowest BCUT2D eigenvalue weighted by Crippen LogP contribution is -2.56. The van der Waals surface area contributed by atoms with E-state index in [0.29, 0.717) is 31.1 Å². The fourth-order valence-electron chi connectivity index (χ4n) is 5.13.